The zero-order valence-corrected chi connectivity index (χ0v) is 12.1. The Bertz CT molecular complexity index is 638. The predicted molar refractivity (Wildman–Crippen MR) is 70.3 cm³/mol. The fourth-order valence-electron chi connectivity index (χ4n) is 2.30. The van der Waals surface area contributed by atoms with Crippen LogP contribution in [0.4, 0.5) is 4.39 Å². The Morgan fingerprint density at radius 3 is 2.55 bits per heavy atom. The van der Waals surface area contributed by atoms with E-state index in [4.69, 9.17) is 5.11 Å². The number of sulfonamides is 1. The van der Waals surface area contributed by atoms with E-state index in [0.29, 0.717) is 5.56 Å². The van der Waals surface area contributed by atoms with Crippen LogP contribution in [0.5, 0.6) is 0 Å². The molecular weight excluding hydrogens is 285 g/mol. The average Bonchev–Trinajstić information content (AvgIpc) is 2.73. The van der Waals surface area contributed by atoms with Crippen LogP contribution < -0.4 is 0 Å². The van der Waals surface area contributed by atoms with Crippen LogP contribution in [0.15, 0.2) is 23.1 Å². The van der Waals surface area contributed by atoms with Crippen molar-refractivity contribution >= 4 is 16.0 Å². The van der Waals surface area contributed by atoms with Crippen molar-refractivity contribution in [3.8, 4) is 0 Å². The standard InChI is InChI=1S/C13H16FNO4S/c1-9-5-10(14)7-11(6-9)20(18,19)15-4-3-13(2,8-15)12(16)17/h5-7H,3-4,8H2,1-2H3,(H,16,17). The van der Waals surface area contributed by atoms with Gasteiger partial charge in [0.2, 0.25) is 10.0 Å². The summed E-state index contributed by atoms with van der Waals surface area (Å²) in [6.45, 7) is 3.15. The number of aryl methyl sites for hydroxylation is 1. The summed E-state index contributed by atoms with van der Waals surface area (Å²) >= 11 is 0. The minimum Gasteiger partial charge on any atom is -0.481 e. The molecule has 20 heavy (non-hydrogen) atoms. The number of rotatable bonds is 3. The monoisotopic (exact) mass is 301 g/mol. The van der Waals surface area contributed by atoms with Crippen LogP contribution >= 0.6 is 0 Å². The van der Waals surface area contributed by atoms with E-state index in [1.807, 2.05) is 0 Å². The van der Waals surface area contributed by atoms with Crippen molar-refractivity contribution in [1.82, 2.24) is 4.31 Å². The molecule has 1 aliphatic rings. The number of nitrogens with zero attached hydrogens (tertiary/aromatic N) is 1. The maximum Gasteiger partial charge on any atom is 0.310 e. The van der Waals surface area contributed by atoms with E-state index in [9.17, 15) is 17.6 Å². The molecule has 0 radical (unpaired) electrons. The summed E-state index contributed by atoms with van der Waals surface area (Å²) in [5, 5.41) is 9.13. The minimum atomic E-state index is -3.86. The van der Waals surface area contributed by atoms with Gasteiger partial charge in [0.1, 0.15) is 5.82 Å². The molecule has 0 aromatic heterocycles. The number of hydrogen-bond acceptors (Lipinski definition) is 3. The minimum absolute atomic E-state index is 0.0970. The number of carbonyl (C=O) groups is 1. The number of carboxylic acid groups (broad SMARTS) is 1. The second kappa shape index (κ2) is 4.82. The van der Waals surface area contributed by atoms with Crippen molar-refractivity contribution in [2.75, 3.05) is 13.1 Å². The molecule has 1 unspecified atom stereocenters. The lowest BCUT2D eigenvalue weighted by atomic mass is 9.90. The van der Waals surface area contributed by atoms with Crippen LogP contribution in [0, 0.1) is 18.2 Å². The van der Waals surface area contributed by atoms with Crippen molar-refractivity contribution in [3.05, 3.63) is 29.6 Å². The SMILES string of the molecule is Cc1cc(F)cc(S(=O)(=O)N2CCC(C)(C(=O)O)C2)c1. The van der Waals surface area contributed by atoms with Gasteiger partial charge in [0.25, 0.3) is 0 Å². The van der Waals surface area contributed by atoms with E-state index in [1.165, 1.54) is 19.1 Å². The molecule has 1 aromatic rings. The van der Waals surface area contributed by atoms with Gasteiger partial charge in [-0.1, -0.05) is 0 Å². The normalized spacial score (nSPS) is 23.9. The highest BCUT2D eigenvalue weighted by molar-refractivity contribution is 7.89. The second-order valence-corrected chi connectivity index (χ2v) is 7.36. The summed E-state index contributed by atoms with van der Waals surface area (Å²) in [6, 6.07) is 3.58. The number of benzene rings is 1. The van der Waals surface area contributed by atoms with E-state index in [2.05, 4.69) is 0 Å². The predicted octanol–water partition coefficient (Wildman–Crippen LogP) is 1.62. The van der Waals surface area contributed by atoms with E-state index >= 15 is 0 Å². The van der Waals surface area contributed by atoms with Crippen LogP contribution in [-0.4, -0.2) is 36.9 Å². The molecule has 0 saturated carbocycles. The van der Waals surface area contributed by atoms with Crippen molar-refractivity contribution in [2.45, 2.75) is 25.2 Å². The molecule has 2 rings (SSSR count). The topological polar surface area (TPSA) is 74.7 Å². The van der Waals surface area contributed by atoms with Gasteiger partial charge in [0.15, 0.2) is 0 Å². The lowest BCUT2D eigenvalue weighted by Crippen LogP contribution is -2.34. The van der Waals surface area contributed by atoms with Gasteiger partial charge in [0.05, 0.1) is 10.3 Å². The molecule has 1 aromatic carbocycles. The third-order valence-corrected chi connectivity index (χ3v) is 5.43. The summed E-state index contributed by atoms with van der Waals surface area (Å²) in [5.74, 6) is -1.64. The first-order valence-electron chi connectivity index (χ1n) is 6.16. The molecule has 110 valence electrons. The number of carboxylic acids is 1. The summed E-state index contributed by atoms with van der Waals surface area (Å²) in [5.41, 5.74) is -0.584. The summed E-state index contributed by atoms with van der Waals surface area (Å²) in [6.07, 6.45) is 0.246. The summed E-state index contributed by atoms with van der Waals surface area (Å²) in [4.78, 5) is 11.0. The first kappa shape index (κ1) is 14.9. The molecule has 0 bridgehead atoms. The largest absolute Gasteiger partial charge is 0.481 e. The Hall–Kier alpha value is -1.47. The second-order valence-electron chi connectivity index (χ2n) is 5.42. The Morgan fingerprint density at radius 1 is 1.40 bits per heavy atom. The molecule has 1 N–H and O–H groups in total. The molecule has 7 heteroatoms. The number of aliphatic carboxylic acids is 1. The van der Waals surface area contributed by atoms with Gasteiger partial charge in [-0.15, -0.1) is 0 Å². The average molecular weight is 301 g/mol. The van der Waals surface area contributed by atoms with Gasteiger partial charge < -0.3 is 5.11 Å². The highest BCUT2D eigenvalue weighted by Gasteiger charge is 2.44. The van der Waals surface area contributed by atoms with E-state index in [-0.39, 0.29) is 24.4 Å². The summed E-state index contributed by atoms with van der Waals surface area (Å²) in [7, 11) is -3.86. The van der Waals surface area contributed by atoms with E-state index in [1.54, 1.807) is 6.92 Å². The van der Waals surface area contributed by atoms with Gasteiger partial charge in [-0.05, 0) is 44.0 Å². The molecule has 5 nitrogen and oxygen atoms in total. The summed E-state index contributed by atoms with van der Waals surface area (Å²) < 4.78 is 39.3. The third-order valence-electron chi connectivity index (χ3n) is 3.61. The first-order valence-corrected chi connectivity index (χ1v) is 7.60. The maximum absolute atomic E-state index is 13.3. The Labute approximate surface area is 117 Å². The van der Waals surface area contributed by atoms with Crippen LogP contribution in [0.3, 0.4) is 0 Å². The molecule has 0 aliphatic carbocycles. The van der Waals surface area contributed by atoms with Crippen LogP contribution in [0.2, 0.25) is 0 Å². The number of hydrogen-bond donors (Lipinski definition) is 1. The fraction of sp³-hybridized carbons (Fsp3) is 0.462. The maximum atomic E-state index is 13.3. The third kappa shape index (κ3) is 2.55. The van der Waals surface area contributed by atoms with Crippen molar-refractivity contribution in [3.63, 3.8) is 0 Å². The molecule has 1 fully saturated rings. The van der Waals surface area contributed by atoms with Crippen molar-refractivity contribution in [2.24, 2.45) is 5.41 Å². The van der Waals surface area contributed by atoms with E-state index < -0.39 is 27.2 Å². The molecule has 1 aliphatic heterocycles. The van der Waals surface area contributed by atoms with Crippen molar-refractivity contribution < 1.29 is 22.7 Å². The Morgan fingerprint density at radius 2 is 2.05 bits per heavy atom. The van der Waals surface area contributed by atoms with Gasteiger partial charge in [0, 0.05) is 13.1 Å². The molecule has 1 atom stereocenters. The highest BCUT2D eigenvalue weighted by Crippen LogP contribution is 2.33. The highest BCUT2D eigenvalue weighted by atomic mass is 32.2. The molecular formula is C13H16FNO4S. The van der Waals surface area contributed by atoms with Gasteiger partial charge in [-0.2, -0.15) is 4.31 Å². The molecule has 0 spiro atoms. The van der Waals surface area contributed by atoms with E-state index in [0.717, 1.165) is 10.4 Å². The van der Waals surface area contributed by atoms with Gasteiger partial charge >= 0.3 is 5.97 Å². The lowest BCUT2D eigenvalue weighted by Gasteiger charge is -2.20. The lowest BCUT2D eigenvalue weighted by molar-refractivity contribution is -0.146. The van der Waals surface area contributed by atoms with Crippen LogP contribution in [0.25, 0.3) is 0 Å². The van der Waals surface area contributed by atoms with Crippen LogP contribution in [-0.2, 0) is 14.8 Å². The quantitative estimate of drug-likeness (QED) is 0.920. The molecule has 1 saturated heterocycles. The van der Waals surface area contributed by atoms with Gasteiger partial charge in [-0.3, -0.25) is 4.79 Å². The molecule has 1 heterocycles. The fourth-order valence-corrected chi connectivity index (χ4v) is 3.98. The van der Waals surface area contributed by atoms with Gasteiger partial charge in [-0.25, -0.2) is 12.8 Å². The number of halogens is 1. The van der Waals surface area contributed by atoms with Crippen molar-refractivity contribution in [1.29, 1.82) is 0 Å². The smallest absolute Gasteiger partial charge is 0.310 e. The zero-order chi connectivity index (χ0) is 15.1. The Balaban J connectivity index is 2.35. The molecule has 0 amide bonds. The first-order chi connectivity index (χ1) is 9.15. The van der Waals surface area contributed by atoms with Crippen LogP contribution in [0.1, 0.15) is 18.9 Å². The Kier molecular flexibility index (Phi) is 3.60. The zero-order valence-electron chi connectivity index (χ0n) is 11.3.